The van der Waals surface area contributed by atoms with Gasteiger partial charge in [0.25, 0.3) is 0 Å². The lowest BCUT2D eigenvalue weighted by atomic mass is 9.91. The van der Waals surface area contributed by atoms with Crippen molar-refractivity contribution in [3.63, 3.8) is 0 Å². The van der Waals surface area contributed by atoms with E-state index in [9.17, 15) is 22.0 Å². The van der Waals surface area contributed by atoms with Crippen LogP contribution in [0.4, 0.5) is 22.0 Å². The van der Waals surface area contributed by atoms with Crippen molar-refractivity contribution in [2.24, 2.45) is 5.92 Å². The van der Waals surface area contributed by atoms with E-state index in [-0.39, 0.29) is 31.0 Å². The van der Waals surface area contributed by atoms with Crippen molar-refractivity contribution >= 4 is 0 Å². The van der Waals surface area contributed by atoms with E-state index in [1.54, 1.807) is 0 Å². The Morgan fingerprint density at radius 3 is 2.47 bits per heavy atom. The molecule has 1 saturated heterocycles. The molecule has 0 bridgehead atoms. The number of halogens is 5. The number of alkyl halides is 3. The molecular weight excluding hydrogens is 265 g/mol. The summed E-state index contributed by atoms with van der Waals surface area (Å²) in [4.78, 5) is 0. The van der Waals surface area contributed by atoms with Gasteiger partial charge in [-0.1, -0.05) is 0 Å². The second-order valence-corrected chi connectivity index (χ2v) is 4.86. The molecule has 1 aliphatic heterocycles. The van der Waals surface area contributed by atoms with Crippen molar-refractivity contribution in [2.75, 3.05) is 6.54 Å². The summed E-state index contributed by atoms with van der Waals surface area (Å²) in [5.74, 6) is -2.41. The fraction of sp³-hybridized carbons (Fsp3) is 0.538. The maximum atomic E-state index is 13.4. The highest BCUT2D eigenvalue weighted by atomic mass is 19.4. The molecule has 1 N–H and O–H groups in total. The van der Waals surface area contributed by atoms with E-state index in [2.05, 4.69) is 5.32 Å². The summed E-state index contributed by atoms with van der Waals surface area (Å²) in [5.41, 5.74) is 0.197. The molecule has 2 rings (SSSR count). The molecule has 0 aromatic heterocycles. The highest BCUT2D eigenvalue weighted by Gasteiger charge is 2.41. The third-order valence-corrected chi connectivity index (χ3v) is 3.45. The van der Waals surface area contributed by atoms with Gasteiger partial charge in [-0.3, -0.25) is 0 Å². The predicted octanol–water partition coefficient (Wildman–Crippen LogP) is 3.44. The molecule has 0 spiro atoms. The molecule has 6 heteroatoms. The quantitative estimate of drug-likeness (QED) is 0.818. The molecule has 1 aromatic rings. The van der Waals surface area contributed by atoms with Crippen LogP contribution in [0.5, 0.6) is 0 Å². The van der Waals surface area contributed by atoms with Gasteiger partial charge in [-0.25, -0.2) is 8.78 Å². The molecule has 0 saturated carbocycles. The van der Waals surface area contributed by atoms with Gasteiger partial charge in [0.05, 0.1) is 5.92 Å². The van der Waals surface area contributed by atoms with Crippen molar-refractivity contribution in [3.8, 4) is 0 Å². The number of hydrogen-bond donors (Lipinski definition) is 1. The van der Waals surface area contributed by atoms with Crippen LogP contribution in [0.15, 0.2) is 18.2 Å². The average molecular weight is 279 g/mol. The van der Waals surface area contributed by atoms with Crippen LogP contribution in [0.3, 0.4) is 0 Å². The lowest BCUT2D eigenvalue weighted by molar-refractivity contribution is -0.179. The molecule has 0 aliphatic carbocycles. The van der Waals surface area contributed by atoms with Crippen LogP contribution in [-0.4, -0.2) is 18.8 Å². The Labute approximate surface area is 107 Å². The van der Waals surface area contributed by atoms with Crippen LogP contribution in [0, 0.1) is 17.6 Å². The molecule has 1 heterocycles. The molecule has 0 radical (unpaired) electrons. The zero-order valence-electron chi connectivity index (χ0n) is 10.1. The Balaban J connectivity index is 1.94. The second-order valence-electron chi connectivity index (χ2n) is 4.86. The number of rotatable bonds is 2. The van der Waals surface area contributed by atoms with Gasteiger partial charge in [0.1, 0.15) is 11.6 Å². The lowest BCUT2D eigenvalue weighted by Gasteiger charge is -2.31. The molecule has 0 amide bonds. The van der Waals surface area contributed by atoms with Gasteiger partial charge in [0.2, 0.25) is 0 Å². The molecule has 1 aromatic carbocycles. The third-order valence-electron chi connectivity index (χ3n) is 3.45. The summed E-state index contributed by atoms with van der Waals surface area (Å²) >= 11 is 0. The molecule has 1 nitrogen and oxygen atoms in total. The van der Waals surface area contributed by atoms with E-state index in [0.717, 1.165) is 18.2 Å². The molecule has 2 unspecified atom stereocenters. The van der Waals surface area contributed by atoms with Crippen molar-refractivity contribution in [2.45, 2.75) is 31.5 Å². The number of hydrogen-bond acceptors (Lipinski definition) is 1. The van der Waals surface area contributed by atoms with Crippen LogP contribution >= 0.6 is 0 Å². The van der Waals surface area contributed by atoms with Gasteiger partial charge in [-0.15, -0.1) is 0 Å². The minimum Gasteiger partial charge on any atom is -0.313 e. The Morgan fingerprint density at radius 1 is 1.16 bits per heavy atom. The largest absolute Gasteiger partial charge is 0.393 e. The van der Waals surface area contributed by atoms with Gasteiger partial charge in [0.15, 0.2) is 0 Å². The van der Waals surface area contributed by atoms with Crippen LogP contribution < -0.4 is 5.32 Å². The monoisotopic (exact) mass is 279 g/mol. The summed E-state index contributed by atoms with van der Waals surface area (Å²) in [6, 6.07) is 2.90. The third kappa shape index (κ3) is 3.65. The van der Waals surface area contributed by atoms with Gasteiger partial charge in [-0.2, -0.15) is 13.2 Å². The molecule has 1 aliphatic rings. The smallest absolute Gasteiger partial charge is 0.313 e. The average Bonchev–Trinajstić information content (AvgIpc) is 2.33. The summed E-state index contributed by atoms with van der Waals surface area (Å²) in [5, 5.41) is 2.76. The van der Waals surface area contributed by atoms with E-state index in [1.165, 1.54) is 0 Å². The van der Waals surface area contributed by atoms with Crippen LogP contribution in [0.1, 0.15) is 18.4 Å². The van der Waals surface area contributed by atoms with E-state index < -0.39 is 23.7 Å². The molecule has 106 valence electrons. The highest BCUT2D eigenvalue weighted by Crippen LogP contribution is 2.32. The minimum atomic E-state index is -4.19. The van der Waals surface area contributed by atoms with Crippen molar-refractivity contribution in [1.82, 2.24) is 5.32 Å². The van der Waals surface area contributed by atoms with E-state index >= 15 is 0 Å². The topological polar surface area (TPSA) is 12.0 Å². The van der Waals surface area contributed by atoms with Crippen molar-refractivity contribution in [3.05, 3.63) is 35.4 Å². The second kappa shape index (κ2) is 5.45. The van der Waals surface area contributed by atoms with Crippen molar-refractivity contribution in [1.29, 1.82) is 0 Å². The van der Waals surface area contributed by atoms with Crippen LogP contribution in [-0.2, 0) is 6.42 Å². The first kappa shape index (κ1) is 14.2. The number of piperidine rings is 1. The zero-order chi connectivity index (χ0) is 14.0. The van der Waals surface area contributed by atoms with E-state index in [1.807, 2.05) is 0 Å². The van der Waals surface area contributed by atoms with E-state index in [0.29, 0.717) is 6.42 Å². The predicted molar refractivity (Wildman–Crippen MR) is 60.6 cm³/mol. The molecule has 2 atom stereocenters. The normalized spacial score (nSPS) is 24.5. The Hall–Kier alpha value is -1.17. The zero-order valence-corrected chi connectivity index (χ0v) is 10.1. The van der Waals surface area contributed by atoms with Gasteiger partial charge < -0.3 is 5.32 Å². The first-order valence-corrected chi connectivity index (χ1v) is 6.10. The number of benzene rings is 1. The Bertz CT molecular complexity index is 435. The fourth-order valence-corrected chi connectivity index (χ4v) is 2.33. The van der Waals surface area contributed by atoms with Gasteiger partial charge in [-0.05, 0) is 43.0 Å². The first-order valence-electron chi connectivity index (χ1n) is 6.10. The molecular formula is C13H14F5N. The first-order chi connectivity index (χ1) is 8.86. The van der Waals surface area contributed by atoms with E-state index in [4.69, 9.17) is 0 Å². The van der Waals surface area contributed by atoms with Gasteiger partial charge >= 0.3 is 6.18 Å². The number of nitrogens with one attached hydrogen (secondary N) is 1. The van der Waals surface area contributed by atoms with Crippen LogP contribution in [0.2, 0.25) is 0 Å². The fourth-order valence-electron chi connectivity index (χ4n) is 2.33. The summed E-state index contributed by atoms with van der Waals surface area (Å²) < 4.78 is 63.8. The lowest BCUT2D eigenvalue weighted by Crippen LogP contribution is -2.45. The maximum absolute atomic E-state index is 13.4. The van der Waals surface area contributed by atoms with Crippen molar-refractivity contribution < 1.29 is 22.0 Å². The van der Waals surface area contributed by atoms with Crippen LogP contribution in [0.25, 0.3) is 0 Å². The molecule has 1 fully saturated rings. The minimum absolute atomic E-state index is 0.0259. The Morgan fingerprint density at radius 2 is 1.89 bits per heavy atom. The summed E-state index contributed by atoms with van der Waals surface area (Å²) in [7, 11) is 0. The summed E-state index contributed by atoms with van der Waals surface area (Å²) in [6.07, 6.45) is -3.66. The van der Waals surface area contributed by atoms with Gasteiger partial charge in [0, 0.05) is 12.6 Å². The summed E-state index contributed by atoms with van der Waals surface area (Å²) in [6.45, 7) is -0.162. The Kier molecular flexibility index (Phi) is 4.08. The maximum Gasteiger partial charge on any atom is 0.393 e. The standard InChI is InChI=1S/C13H14F5N/c14-10-2-4-12(15)8(5-10)6-11-3-1-9(7-19-11)13(16,17)18/h2,4-5,9,11,19H,1,3,6-7H2. The highest BCUT2D eigenvalue weighted by molar-refractivity contribution is 5.20. The SMILES string of the molecule is Fc1ccc(F)c(CC2CCC(C(F)(F)F)CN2)c1. The molecule has 19 heavy (non-hydrogen) atoms.